The van der Waals surface area contributed by atoms with Crippen LogP contribution >= 0.6 is 0 Å². The molecule has 0 aromatic heterocycles. The van der Waals surface area contributed by atoms with Gasteiger partial charge in [-0.15, -0.1) is 0 Å². The second kappa shape index (κ2) is 11.3. The van der Waals surface area contributed by atoms with Crippen LogP contribution in [0.5, 0.6) is 5.75 Å². The number of hydrogen-bond acceptors (Lipinski definition) is 5. The number of methoxy groups -OCH3 is 2. The van der Waals surface area contributed by atoms with E-state index < -0.39 is 10.8 Å². The number of benzene rings is 2. The molecule has 0 amide bonds. The minimum absolute atomic E-state index is 0.171. The maximum Gasteiger partial charge on any atom is 0.313 e. The van der Waals surface area contributed by atoms with E-state index in [1.807, 2.05) is 48.5 Å². The molecule has 2 aromatic rings. The first-order valence-corrected chi connectivity index (χ1v) is 13.2. The molecule has 1 saturated carbocycles. The maximum absolute atomic E-state index is 13.0. The number of ether oxygens (including phenoxy) is 2. The van der Waals surface area contributed by atoms with Gasteiger partial charge < -0.3 is 14.4 Å². The van der Waals surface area contributed by atoms with Gasteiger partial charge in [-0.1, -0.05) is 31.4 Å². The molecule has 1 aliphatic heterocycles. The summed E-state index contributed by atoms with van der Waals surface area (Å²) in [4.78, 5) is 16.9. The van der Waals surface area contributed by atoms with E-state index >= 15 is 0 Å². The first-order valence-electron chi connectivity index (χ1n) is 12.1. The van der Waals surface area contributed by atoms with Gasteiger partial charge in [0.1, 0.15) is 5.75 Å². The van der Waals surface area contributed by atoms with Crippen LogP contribution in [0.25, 0.3) is 0 Å². The van der Waals surface area contributed by atoms with Gasteiger partial charge in [-0.25, -0.2) is 4.21 Å². The summed E-state index contributed by atoms with van der Waals surface area (Å²) in [6.07, 6.45) is 8.72. The Morgan fingerprint density at radius 1 is 0.879 bits per heavy atom. The Bertz CT molecular complexity index is 930. The topological polar surface area (TPSA) is 55.8 Å². The lowest BCUT2D eigenvalue weighted by Crippen LogP contribution is -2.44. The van der Waals surface area contributed by atoms with E-state index in [4.69, 9.17) is 9.47 Å². The summed E-state index contributed by atoms with van der Waals surface area (Å²) in [5, 5.41) is 0. The molecule has 2 aliphatic rings. The number of likely N-dealkylation sites (tertiary alicyclic amines) is 1. The van der Waals surface area contributed by atoms with E-state index in [0.717, 1.165) is 53.1 Å². The van der Waals surface area contributed by atoms with Crippen molar-refractivity contribution in [1.29, 1.82) is 0 Å². The third-order valence-corrected chi connectivity index (χ3v) is 8.72. The summed E-state index contributed by atoms with van der Waals surface area (Å²) in [6, 6.07) is 15.6. The summed E-state index contributed by atoms with van der Waals surface area (Å²) in [6.45, 7) is 2.12. The van der Waals surface area contributed by atoms with Gasteiger partial charge in [-0.3, -0.25) is 4.79 Å². The molecule has 4 rings (SSSR count). The number of carbonyl (C=O) groups excluding carboxylic acids is 1. The lowest BCUT2D eigenvalue weighted by atomic mass is 9.79. The van der Waals surface area contributed by atoms with Crippen LogP contribution in [0, 0.1) is 5.92 Å². The molecule has 1 heterocycles. The number of nitrogens with zero attached hydrogens (tertiary/aromatic N) is 1. The van der Waals surface area contributed by atoms with E-state index in [1.165, 1.54) is 39.2 Å². The van der Waals surface area contributed by atoms with E-state index in [1.54, 1.807) is 7.11 Å². The Morgan fingerprint density at radius 2 is 1.45 bits per heavy atom. The predicted molar refractivity (Wildman–Crippen MR) is 130 cm³/mol. The summed E-state index contributed by atoms with van der Waals surface area (Å²) in [5.41, 5.74) is 0.952. The smallest absolute Gasteiger partial charge is 0.313 e. The summed E-state index contributed by atoms with van der Waals surface area (Å²) in [5.74, 6) is 0.568. The highest BCUT2D eigenvalue weighted by Crippen LogP contribution is 2.36. The third-order valence-electron chi connectivity index (χ3n) is 7.32. The van der Waals surface area contributed by atoms with Crippen molar-refractivity contribution in [3.05, 3.63) is 54.1 Å². The largest absolute Gasteiger partial charge is 0.497 e. The predicted octanol–water partition coefficient (Wildman–Crippen LogP) is 5.16. The molecule has 0 radical (unpaired) electrons. The average Bonchev–Trinajstić information content (AvgIpc) is 2.89. The van der Waals surface area contributed by atoms with Crippen molar-refractivity contribution in [2.45, 2.75) is 66.7 Å². The lowest BCUT2D eigenvalue weighted by molar-refractivity contribution is -0.144. The van der Waals surface area contributed by atoms with Crippen molar-refractivity contribution in [3.63, 3.8) is 0 Å². The number of hydrogen-bond donors (Lipinski definition) is 0. The maximum atomic E-state index is 13.0. The summed E-state index contributed by atoms with van der Waals surface area (Å²) >= 11 is 0. The van der Waals surface area contributed by atoms with Gasteiger partial charge in [0.25, 0.3) is 0 Å². The van der Waals surface area contributed by atoms with Gasteiger partial charge in [-0.2, -0.15) is 0 Å². The van der Waals surface area contributed by atoms with Gasteiger partial charge in [0, 0.05) is 15.8 Å². The molecule has 0 N–H and O–H groups in total. The van der Waals surface area contributed by atoms with Crippen LogP contribution in [0.15, 0.2) is 58.3 Å². The standard InChI is InChI=1S/C27H35NO4S/c1-31-23-10-14-25(15-11-23)33(30)24-12-8-20(9-13-24)26(27(29)32-2)21-16-18-28(19-17-21)22-6-4-3-5-7-22/h8-15,21-22,26H,3-7,16-19H2,1-2H3. The number of rotatable bonds is 7. The zero-order valence-corrected chi connectivity index (χ0v) is 20.5. The van der Waals surface area contributed by atoms with Crippen LogP contribution in [-0.4, -0.2) is 48.4 Å². The van der Waals surface area contributed by atoms with Crippen LogP contribution in [0.3, 0.4) is 0 Å². The molecular formula is C27H35NO4S. The van der Waals surface area contributed by atoms with Gasteiger partial charge in [-0.05, 0) is 86.7 Å². The molecule has 1 saturated heterocycles. The van der Waals surface area contributed by atoms with Crippen molar-refractivity contribution in [2.24, 2.45) is 5.92 Å². The van der Waals surface area contributed by atoms with E-state index in [0.29, 0.717) is 0 Å². The fourth-order valence-electron chi connectivity index (χ4n) is 5.43. The minimum atomic E-state index is -1.28. The first-order chi connectivity index (χ1) is 16.1. The van der Waals surface area contributed by atoms with Gasteiger partial charge in [0.05, 0.1) is 30.9 Å². The molecule has 0 spiro atoms. The number of esters is 1. The quantitative estimate of drug-likeness (QED) is 0.524. The van der Waals surface area contributed by atoms with Crippen LogP contribution in [0.4, 0.5) is 0 Å². The Kier molecular flexibility index (Phi) is 8.20. The van der Waals surface area contributed by atoms with Gasteiger partial charge in [0.2, 0.25) is 0 Å². The normalized spacial score (nSPS) is 20.2. The summed E-state index contributed by atoms with van der Waals surface area (Å²) < 4.78 is 23.4. The molecule has 2 aromatic carbocycles. The molecular weight excluding hydrogens is 434 g/mol. The number of piperidine rings is 1. The van der Waals surface area contributed by atoms with E-state index in [9.17, 15) is 9.00 Å². The molecule has 6 heteroatoms. The van der Waals surface area contributed by atoms with Gasteiger partial charge in [0.15, 0.2) is 0 Å². The SMILES string of the molecule is COC(=O)C(c1ccc(S(=O)c2ccc(OC)cc2)cc1)C1CCN(C2CCCCC2)CC1. The zero-order valence-electron chi connectivity index (χ0n) is 19.7. The average molecular weight is 470 g/mol. The van der Waals surface area contributed by atoms with Crippen LogP contribution < -0.4 is 4.74 Å². The van der Waals surface area contributed by atoms with Crippen molar-refractivity contribution >= 4 is 16.8 Å². The fourth-order valence-corrected chi connectivity index (χ4v) is 6.46. The van der Waals surface area contributed by atoms with Crippen LogP contribution in [0.2, 0.25) is 0 Å². The van der Waals surface area contributed by atoms with Crippen molar-refractivity contribution in [1.82, 2.24) is 4.90 Å². The molecule has 2 atom stereocenters. The Labute approximate surface area is 199 Å². The Morgan fingerprint density at radius 3 is 2.00 bits per heavy atom. The van der Waals surface area contributed by atoms with E-state index in [-0.39, 0.29) is 17.8 Å². The Hall–Kier alpha value is -2.18. The fraction of sp³-hybridized carbons (Fsp3) is 0.519. The molecule has 2 unspecified atom stereocenters. The highest BCUT2D eigenvalue weighted by molar-refractivity contribution is 7.85. The first kappa shape index (κ1) is 24.0. The van der Waals surface area contributed by atoms with Crippen molar-refractivity contribution in [2.75, 3.05) is 27.3 Å². The summed E-state index contributed by atoms with van der Waals surface area (Å²) in [7, 11) is 1.80. The monoisotopic (exact) mass is 469 g/mol. The van der Waals surface area contributed by atoms with Crippen molar-refractivity contribution in [3.8, 4) is 5.75 Å². The number of carbonyl (C=O) groups is 1. The molecule has 1 aliphatic carbocycles. The van der Waals surface area contributed by atoms with Crippen LogP contribution in [-0.2, 0) is 20.3 Å². The molecule has 33 heavy (non-hydrogen) atoms. The van der Waals surface area contributed by atoms with E-state index in [2.05, 4.69) is 4.90 Å². The zero-order chi connectivity index (χ0) is 23.2. The molecule has 0 bridgehead atoms. The third kappa shape index (κ3) is 5.67. The second-order valence-corrected chi connectivity index (χ2v) is 10.7. The Balaban J connectivity index is 1.45. The highest BCUT2D eigenvalue weighted by atomic mass is 32.2. The van der Waals surface area contributed by atoms with Gasteiger partial charge >= 0.3 is 5.97 Å². The molecule has 178 valence electrons. The molecule has 2 fully saturated rings. The minimum Gasteiger partial charge on any atom is -0.497 e. The second-order valence-electron chi connectivity index (χ2n) is 9.18. The van der Waals surface area contributed by atoms with Crippen molar-refractivity contribution < 1.29 is 18.5 Å². The molecule has 5 nitrogen and oxygen atoms in total. The highest BCUT2D eigenvalue weighted by Gasteiger charge is 2.35. The van der Waals surface area contributed by atoms with Crippen LogP contribution in [0.1, 0.15) is 56.4 Å². The lowest BCUT2D eigenvalue weighted by Gasteiger charge is -2.40.